The summed E-state index contributed by atoms with van der Waals surface area (Å²) in [5.74, 6) is -0.847. The van der Waals surface area contributed by atoms with Crippen LogP contribution in [0.15, 0.2) is 52.4 Å². The van der Waals surface area contributed by atoms with Crippen molar-refractivity contribution in [3.8, 4) is 11.4 Å². The van der Waals surface area contributed by atoms with E-state index in [1.165, 1.54) is 35.3 Å². The Bertz CT molecular complexity index is 1280. The number of hydrazone groups is 1. The molecule has 0 radical (unpaired) electrons. The molecule has 3 heterocycles. The predicted octanol–water partition coefficient (Wildman–Crippen LogP) is 4.78. The number of aromatic nitrogens is 3. The molecule has 0 unspecified atom stereocenters. The van der Waals surface area contributed by atoms with E-state index in [2.05, 4.69) is 32.6 Å². The van der Waals surface area contributed by atoms with Crippen molar-refractivity contribution >= 4 is 23.9 Å². The molecule has 0 bridgehead atoms. The highest BCUT2D eigenvalue weighted by Gasteiger charge is 2.37. The van der Waals surface area contributed by atoms with E-state index >= 15 is 0 Å². The second kappa shape index (κ2) is 10.3. The first-order valence-corrected chi connectivity index (χ1v) is 10.8. The lowest BCUT2D eigenvalue weighted by Crippen LogP contribution is -2.36. The number of carbonyl (C=O) groups is 1. The first kappa shape index (κ1) is 25.1. The summed E-state index contributed by atoms with van der Waals surface area (Å²) in [4.78, 5) is 16.9. The van der Waals surface area contributed by atoms with Gasteiger partial charge < -0.3 is 14.5 Å². The molecule has 3 aromatic heterocycles. The molecule has 2 N–H and O–H groups in total. The number of hydrogen-bond acceptors (Lipinski definition) is 7. The van der Waals surface area contributed by atoms with Crippen molar-refractivity contribution in [3.05, 3.63) is 60.2 Å². The van der Waals surface area contributed by atoms with Crippen LogP contribution in [0.4, 0.5) is 23.2 Å². The van der Waals surface area contributed by atoms with Crippen molar-refractivity contribution in [3.63, 3.8) is 0 Å². The number of amides is 1. The molecule has 36 heavy (non-hydrogen) atoms. The maximum absolute atomic E-state index is 14.5. The van der Waals surface area contributed by atoms with Crippen LogP contribution in [0.5, 0.6) is 0 Å². The van der Waals surface area contributed by atoms with Gasteiger partial charge in [-0.3, -0.25) is 19.9 Å². The van der Waals surface area contributed by atoms with Gasteiger partial charge in [0, 0.05) is 30.9 Å². The minimum absolute atomic E-state index is 0.00577. The number of rotatable bonds is 9. The number of allylic oxidation sites excluding steroid dienone is 1. The second-order valence-electron chi connectivity index (χ2n) is 8.11. The Morgan fingerprint density at radius 1 is 1.31 bits per heavy atom. The largest absolute Gasteiger partial charge is 0.451 e. The highest BCUT2D eigenvalue weighted by Crippen LogP contribution is 2.38. The van der Waals surface area contributed by atoms with E-state index in [-0.39, 0.29) is 41.7 Å². The Morgan fingerprint density at radius 2 is 2.06 bits per heavy atom. The minimum Gasteiger partial charge on any atom is -0.451 e. The Labute approximate surface area is 202 Å². The number of halogens is 4. The lowest BCUT2D eigenvalue weighted by Gasteiger charge is -2.35. The fraction of sp³-hybridized carbons (Fsp3) is 0.304. The van der Waals surface area contributed by atoms with Crippen molar-refractivity contribution in [2.24, 2.45) is 5.10 Å². The van der Waals surface area contributed by atoms with Crippen LogP contribution >= 0.6 is 0 Å². The first-order chi connectivity index (χ1) is 17.1. The van der Waals surface area contributed by atoms with E-state index in [1.807, 2.05) is 0 Å². The van der Waals surface area contributed by atoms with Gasteiger partial charge in [-0.1, -0.05) is 0 Å². The summed E-state index contributed by atoms with van der Waals surface area (Å²) in [7, 11) is 0. The molecule has 0 spiro atoms. The fourth-order valence-electron chi connectivity index (χ4n) is 3.58. The summed E-state index contributed by atoms with van der Waals surface area (Å²) >= 11 is 0. The molecule has 0 saturated heterocycles. The zero-order valence-electron chi connectivity index (χ0n) is 19.1. The summed E-state index contributed by atoms with van der Waals surface area (Å²) in [5.41, 5.74) is 3.39. The van der Waals surface area contributed by atoms with Crippen LogP contribution in [-0.2, 0) is 4.74 Å². The second-order valence-corrected chi connectivity index (χ2v) is 8.11. The third-order valence-corrected chi connectivity index (χ3v) is 5.48. The molecule has 1 fully saturated rings. The third kappa shape index (κ3) is 5.79. The standard InChI is InChI=1S/C23H22F4N6O3/c1-13(10-30-28-2)18-5-6-19(36-18)22(34)31-17-11-33(14-8-15(9-14)35-12-23(25,26)27)32-21(17)20-16(24)4-3-7-29-20/h3-7,10-11,14-15,30H,2,8-9,12H2,1H3,(H,31,34)/b13-10+. The van der Waals surface area contributed by atoms with Gasteiger partial charge in [0.05, 0.1) is 17.8 Å². The molecule has 1 amide bonds. The summed E-state index contributed by atoms with van der Waals surface area (Å²) in [5, 5.41) is 10.5. The van der Waals surface area contributed by atoms with Gasteiger partial charge in [0.15, 0.2) is 11.6 Å². The number of alkyl halides is 3. The van der Waals surface area contributed by atoms with Crippen LogP contribution in [0.25, 0.3) is 17.0 Å². The monoisotopic (exact) mass is 506 g/mol. The highest BCUT2D eigenvalue weighted by molar-refractivity contribution is 6.04. The van der Waals surface area contributed by atoms with Crippen molar-refractivity contribution in [2.75, 3.05) is 11.9 Å². The van der Waals surface area contributed by atoms with Crippen LogP contribution in [0.2, 0.25) is 0 Å². The molecule has 3 aromatic rings. The molecule has 1 aliphatic rings. The third-order valence-electron chi connectivity index (χ3n) is 5.48. The van der Waals surface area contributed by atoms with Gasteiger partial charge in [-0.2, -0.15) is 23.4 Å². The Morgan fingerprint density at radius 3 is 2.75 bits per heavy atom. The van der Waals surface area contributed by atoms with Crippen LogP contribution in [0.1, 0.15) is 42.1 Å². The molecular formula is C23H22F4N6O3. The smallest absolute Gasteiger partial charge is 0.411 e. The maximum atomic E-state index is 14.5. The van der Waals surface area contributed by atoms with Crippen molar-refractivity contribution in [1.29, 1.82) is 0 Å². The number of ether oxygens (including phenoxy) is 1. The molecular weight excluding hydrogens is 484 g/mol. The molecule has 4 rings (SSSR count). The number of anilines is 1. The SMILES string of the molecule is C=NN/C=C(\C)c1ccc(C(=O)Nc2cn(C3CC(OCC(F)(F)F)C3)nc2-c2ncccc2F)o1. The van der Waals surface area contributed by atoms with Crippen LogP contribution in [0, 0.1) is 5.82 Å². The topological polar surface area (TPSA) is 107 Å². The summed E-state index contributed by atoms with van der Waals surface area (Å²) in [6, 6.07) is 5.41. The van der Waals surface area contributed by atoms with E-state index < -0.39 is 30.6 Å². The Balaban J connectivity index is 1.54. The lowest BCUT2D eigenvalue weighted by atomic mass is 9.89. The quantitative estimate of drug-likeness (QED) is 0.246. The van der Waals surface area contributed by atoms with Gasteiger partial charge in [-0.05, 0) is 44.0 Å². The van der Waals surface area contributed by atoms with Crippen molar-refractivity contribution < 1.29 is 31.5 Å². The van der Waals surface area contributed by atoms with Crippen molar-refractivity contribution in [2.45, 2.75) is 38.1 Å². The van der Waals surface area contributed by atoms with Gasteiger partial charge in [-0.25, -0.2) is 4.39 Å². The highest BCUT2D eigenvalue weighted by atomic mass is 19.4. The van der Waals surface area contributed by atoms with Crippen LogP contribution in [-0.4, -0.2) is 46.3 Å². The maximum Gasteiger partial charge on any atom is 0.411 e. The summed E-state index contributed by atoms with van der Waals surface area (Å²) in [6.45, 7) is 3.72. The van der Waals surface area contributed by atoms with E-state index in [9.17, 15) is 22.4 Å². The van der Waals surface area contributed by atoms with E-state index in [0.717, 1.165) is 0 Å². The van der Waals surface area contributed by atoms with Gasteiger partial charge in [-0.15, -0.1) is 0 Å². The molecule has 190 valence electrons. The van der Waals surface area contributed by atoms with Gasteiger partial charge >= 0.3 is 6.18 Å². The zero-order chi connectivity index (χ0) is 25.9. The number of nitrogens with one attached hydrogen (secondary N) is 2. The molecule has 1 aliphatic carbocycles. The van der Waals surface area contributed by atoms with E-state index in [4.69, 9.17) is 9.15 Å². The Hall–Kier alpha value is -4.00. The number of furan rings is 1. The average molecular weight is 506 g/mol. The summed E-state index contributed by atoms with van der Waals surface area (Å²) in [6.07, 6.45) is 0.0126. The van der Waals surface area contributed by atoms with Gasteiger partial charge in [0.2, 0.25) is 0 Å². The number of nitrogens with zero attached hydrogens (tertiary/aromatic N) is 4. The zero-order valence-corrected chi connectivity index (χ0v) is 19.1. The molecule has 13 heteroatoms. The molecule has 0 atom stereocenters. The average Bonchev–Trinajstić information content (AvgIpc) is 3.44. The number of pyridine rings is 1. The van der Waals surface area contributed by atoms with Gasteiger partial charge in [0.25, 0.3) is 5.91 Å². The fourth-order valence-corrected chi connectivity index (χ4v) is 3.58. The van der Waals surface area contributed by atoms with Crippen LogP contribution in [0.3, 0.4) is 0 Å². The van der Waals surface area contributed by atoms with E-state index in [0.29, 0.717) is 11.3 Å². The Kier molecular flexibility index (Phi) is 7.20. The first-order valence-electron chi connectivity index (χ1n) is 10.8. The van der Waals surface area contributed by atoms with Crippen LogP contribution < -0.4 is 10.7 Å². The number of carbonyl (C=O) groups excluding carboxylic acids is 1. The normalized spacial score (nSPS) is 18.0. The van der Waals surface area contributed by atoms with E-state index in [1.54, 1.807) is 19.2 Å². The minimum atomic E-state index is -4.41. The molecule has 9 nitrogen and oxygen atoms in total. The summed E-state index contributed by atoms with van der Waals surface area (Å²) < 4.78 is 63.6. The molecule has 1 saturated carbocycles. The lowest BCUT2D eigenvalue weighted by molar-refractivity contribution is -0.196. The number of hydrogen-bond donors (Lipinski definition) is 2. The van der Waals surface area contributed by atoms with Crippen molar-refractivity contribution in [1.82, 2.24) is 20.2 Å². The van der Waals surface area contributed by atoms with Gasteiger partial charge in [0.1, 0.15) is 23.8 Å². The molecule has 0 aromatic carbocycles. The molecule has 0 aliphatic heterocycles. The predicted molar refractivity (Wildman–Crippen MR) is 122 cm³/mol.